The van der Waals surface area contributed by atoms with Gasteiger partial charge in [-0.3, -0.25) is 0 Å². The first kappa shape index (κ1) is 13.3. The summed E-state index contributed by atoms with van der Waals surface area (Å²) >= 11 is 1.49. The van der Waals surface area contributed by atoms with Gasteiger partial charge < -0.3 is 0 Å². The molecule has 0 amide bonds. The number of benzene rings is 1. The minimum absolute atomic E-state index is 0.458. The van der Waals surface area contributed by atoms with Crippen LogP contribution in [0, 0.1) is 12.9 Å². The van der Waals surface area contributed by atoms with Crippen molar-refractivity contribution in [2.45, 2.75) is 6.92 Å². The number of aromatic nitrogens is 3. The van der Waals surface area contributed by atoms with Crippen molar-refractivity contribution in [3.8, 4) is 11.3 Å². The number of hydrogen-bond donors (Lipinski definition) is 0. The first-order chi connectivity index (χ1) is 10.6. The van der Waals surface area contributed by atoms with Crippen LogP contribution in [0.1, 0.15) is 5.56 Å². The average Bonchev–Trinajstić information content (AvgIpc) is 2.85. The molecule has 0 aliphatic carbocycles. The maximum atomic E-state index is 13.4. The van der Waals surface area contributed by atoms with Crippen molar-refractivity contribution in [3.63, 3.8) is 0 Å². The highest BCUT2D eigenvalue weighted by Crippen LogP contribution is 2.36. The summed E-state index contributed by atoms with van der Waals surface area (Å²) in [6.07, 6.45) is 1.81. The summed E-state index contributed by atoms with van der Waals surface area (Å²) in [4.78, 5) is 9.21. The number of hydrogen-bond acceptors (Lipinski definition) is 3. The molecule has 3 heterocycles. The fourth-order valence-corrected chi connectivity index (χ4v) is 3.96. The van der Waals surface area contributed by atoms with E-state index in [2.05, 4.69) is 29.0 Å². The van der Waals surface area contributed by atoms with Crippen molar-refractivity contribution in [1.29, 1.82) is 0 Å². The summed E-state index contributed by atoms with van der Waals surface area (Å²) < 4.78 is 16.4. The monoisotopic (exact) mass is 310 g/mol. The average molecular weight is 310 g/mol. The molecule has 108 valence electrons. The van der Waals surface area contributed by atoms with Crippen molar-refractivity contribution in [2.75, 3.05) is 0 Å². The van der Waals surface area contributed by atoms with Gasteiger partial charge in [0.25, 0.3) is 6.33 Å². The molecule has 5 heteroatoms. The SMILES string of the molecule is Cc1ccccc1-c1c2sc3nc(F)ccc3c2nc[n+]1C. The third-order valence-corrected chi connectivity index (χ3v) is 4.92. The molecule has 0 aliphatic heterocycles. The van der Waals surface area contributed by atoms with Gasteiger partial charge in [0.2, 0.25) is 11.5 Å². The highest BCUT2D eigenvalue weighted by Gasteiger charge is 2.21. The van der Waals surface area contributed by atoms with Crippen molar-refractivity contribution < 1.29 is 8.96 Å². The fourth-order valence-electron chi connectivity index (χ4n) is 2.75. The van der Waals surface area contributed by atoms with Gasteiger partial charge in [-0.15, -0.1) is 11.3 Å². The van der Waals surface area contributed by atoms with Crippen LogP contribution in [0.5, 0.6) is 0 Å². The van der Waals surface area contributed by atoms with E-state index in [0.29, 0.717) is 4.83 Å². The van der Waals surface area contributed by atoms with Crippen LogP contribution in [-0.2, 0) is 7.05 Å². The van der Waals surface area contributed by atoms with E-state index in [4.69, 9.17) is 0 Å². The summed E-state index contributed by atoms with van der Waals surface area (Å²) in [6.45, 7) is 2.09. The van der Waals surface area contributed by atoms with Gasteiger partial charge in [-0.25, -0.2) is 9.55 Å². The molecule has 0 N–H and O–H groups in total. The number of thiophene rings is 1. The lowest BCUT2D eigenvalue weighted by Crippen LogP contribution is -2.31. The van der Waals surface area contributed by atoms with Gasteiger partial charge in [0.05, 0.1) is 12.4 Å². The molecular formula is C17H13FN3S+. The van der Waals surface area contributed by atoms with E-state index in [1.165, 1.54) is 23.0 Å². The van der Waals surface area contributed by atoms with E-state index in [-0.39, 0.29) is 0 Å². The second-order valence-electron chi connectivity index (χ2n) is 5.29. The van der Waals surface area contributed by atoms with Crippen molar-refractivity contribution in [3.05, 3.63) is 54.2 Å². The van der Waals surface area contributed by atoms with E-state index in [1.54, 1.807) is 12.4 Å². The van der Waals surface area contributed by atoms with Crippen LogP contribution < -0.4 is 4.57 Å². The van der Waals surface area contributed by atoms with Gasteiger partial charge >= 0.3 is 0 Å². The second-order valence-corrected chi connectivity index (χ2v) is 6.28. The molecule has 0 fully saturated rings. The van der Waals surface area contributed by atoms with Gasteiger partial charge in [-0.1, -0.05) is 24.3 Å². The predicted octanol–water partition coefficient (Wildman–Crippen LogP) is 3.78. The fraction of sp³-hybridized carbons (Fsp3) is 0.118. The smallest absolute Gasteiger partial charge is 0.231 e. The number of rotatable bonds is 1. The summed E-state index contributed by atoms with van der Waals surface area (Å²) in [5.41, 5.74) is 4.32. The van der Waals surface area contributed by atoms with Gasteiger partial charge in [0, 0.05) is 5.56 Å². The Hall–Kier alpha value is -2.40. The minimum atomic E-state index is -0.458. The van der Waals surface area contributed by atoms with Crippen LogP contribution in [0.4, 0.5) is 4.39 Å². The van der Waals surface area contributed by atoms with E-state index >= 15 is 0 Å². The van der Waals surface area contributed by atoms with E-state index in [0.717, 1.165) is 26.9 Å². The maximum absolute atomic E-state index is 13.4. The number of fused-ring (bicyclic) bond motifs is 3. The summed E-state index contributed by atoms with van der Waals surface area (Å²) in [5, 5.41) is 0.900. The van der Waals surface area contributed by atoms with Crippen LogP contribution in [-0.4, -0.2) is 9.97 Å². The molecule has 0 saturated carbocycles. The van der Waals surface area contributed by atoms with Gasteiger partial charge in [-0.2, -0.15) is 4.39 Å². The molecule has 3 nitrogen and oxygen atoms in total. The Morgan fingerprint density at radius 3 is 2.77 bits per heavy atom. The van der Waals surface area contributed by atoms with Crippen LogP contribution in [0.2, 0.25) is 0 Å². The zero-order valence-electron chi connectivity index (χ0n) is 12.2. The Kier molecular flexibility index (Phi) is 2.90. The van der Waals surface area contributed by atoms with Crippen molar-refractivity contribution in [2.24, 2.45) is 7.05 Å². The van der Waals surface area contributed by atoms with Crippen molar-refractivity contribution in [1.82, 2.24) is 9.97 Å². The Morgan fingerprint density at radius 2 is 1.95 bits per heavy atom. The third kappa shape index (κ3) is 1.89. The standard InChI is InChI=1S/C17H13FN3S/c1-10-5-3-4-6-11(10)15-16-14(19-9-21(15)2)12-7-8-13(18)20-17(12)22-16/h3-9H,1-2H3/q+1. The predicted molar refractivity (Wildman–Crippen MR) is 86.2 cm³/mol. The normalized spacial score (nSPS) is 11.4. The van der Waals surface area contributed by atoms with E-state index in [9.17, 15) is 4.39 Å². The molecule has 0 unspecified atom stereocenters. The van der Waals surface area contributed by atoms with Gasteiger partial charge in [-0.05, 0) is 29.6 Å². The molecule has 0 spiro atoms. The zero-order valence-corrected chi connectivity index (χ0v) is 13.0. The number of halogens is 1. The largest absolute Gasteiger partial charge is 0.287 e. The van der Waals surface area contributed by atoms with Crippen LogP contribution in [0.15, 0.2) is 42.7 Å². The van der Waals surface area contributed by atoms with Gasteiger partial charge in [0.1, 0.15) is 9.53 Å². The molecular weight excluding hydrogens is 297 g/mol. The topological polar surface area (TPSA) is 29.7 Å². The first-order valence-electron chi connectivity index (χ1n) is 6.94. The lowest BCUT2D eigenvalue weighted by molar-refractivity contribution is -0.662. The zero-order chi connectivity index (χ0) is 15.3. The number of aryl methyl sites for hydroxylation is 2. The molecule has 22 heavy (non-hydrogen) atoms. The van der Waals surface area contributed by atoms with Crippen LogP contribution in [0.3, 0.4) is 0 Å². The lowest BCUT2D eigenvalue weighted by atomic mass is 10.0. The highest BCUT2D eigenvalue weighted by atomic mass is 32.1. The summed E-state index contributed by atoms with van der Waals surface area (Å²) in [6, 6.07) is 11.4. The quantitative estimate of drug-likeness (QED) is 0.395. The molecule has 4 aromatic rings. The summed E-state index contributed by atoms with van der Waals surface area (Å²) in [7, 11) is 1.98. The third-order valence-electron chi connectivity index (χ3n) is 3.82. The maximum Gasteiger partial charge on any atom is 0.287 e. The number of nitrogens with zero attached hydrogens (tertiary/aromatic N) is 3. The van der Waals surface area contributed by atoms with E-state index < -0.39 is 5.95 Å². The molecule has 0 atom stereocenters. The lowest BCUT2D eigenvalue weighted by Gasteiger charge is -2.06. The highest BCUT2D eigenvalue weighted by molar-refractivity contribution is 7.25. The molecule has 4 rings (SSSR count). The molecule has 0 aliphatic rings. The second kappa shape index (κ2) is 4.81. The molecule has 0 bridgehead atoms. The molecule has 3 aromatic heterocycles. The first-order valence-corrected chi connectivity index (χ1v) is 7.76. The van der Waals surface area contributed by atoms with Crippen LogP contribution in [0.25, 0.3) is 31.7 Å². The number of pyridine rings is 1. The Bertz CT molecular complexity index is 1020. The molecule has 0 radical (unpaired) electrons. The Morgan fingerprint density at radius 1 is 1.14 bits per heavy atom. The Balaban J connectivity index is 2.16. The van der Waals surface area contributed by atoms with Crippen molar-refractivity contribution >= 4 is 31.8 Å². The van der Waals surface area contributed by atoms with Gasteiger partial charge in [0.15, 0.2) is 5.69 Å². The molecule has 0 saturated heterocycles. The minimum Gasteiger partial charge on any atom is -0.231 e. The summed E-state index contributed by atoms with van der Waals surface area (Å²) in [5.74, 6) is -0.458. The molecule has 1 aromatic carbocycles. The van der Waals surface area contributed by atoms with E-state index in [1.807, 2.05) is 23.7 Å². The Labute approximate surface area is 130 Å². The van der Waals surface area contributed by atoms with Crippen LogP contribution >= 0.6 is 11.3 Å².